The Morgan fingerprint density at radius 2 is 1.37 bits per heavy atom. The van der Waals surface area contributed by atoms with Gasteiger partial charge in [-0.15, -0.1) is 0 Å². The fourth-order valence-corrected chi connectivity index (χ4v) is 6.25. The first-order valence-corrected chi connectivity index (χ1v) is 17.1. The summed E-state index contributed by atoms with van der Waals surface area (Å²) in [7, 11) is 0. The molecule has 41 heavy (non-hydrogen) atoms. The minimum absolute atomic E-state index is 0.172. The molecule has 4 N–H and O–H groups in total. The van der Waals surface area contributed by atoms with Gasteiger partial charge < -0.3 is 29.9 Å². The summed E-state index contributed by atoms with van der Waals surface area (Å²) in [5.41, 5.74) is 0.571. The van der Waals surface area contributed by atoms with Crippen LogP contribution in [0.1, 0.15) is 155 Å². The van der Waals surface area contributed by atoms with Crippen molar-refractivity contribution in [2.24, 2.45) is 0 Å². The Balaban J connectivity index is 1.47. The molecule has 0 spiro atoms. The summed E-state index contributed by atoms with van der Waals surface area (Å²) in [5, 5.41) is 41.7. The highest BCUT2D eigenvalue weighted by Gasteiger charge is 2.33. The standard InChI is InChI=1S/C34H62O7/c1-3-4-5-6-7-8-9-10-11-15-21-32-31(38)22-23-33(41-32)30(37)20-16-19-28(35)17-13-12-14-18-29(36)25-27-24-26(2)40-34(27)39/h24,26,28-33,35-38H,3-23,25H2,1-2H3/t26-,28+,29+,30+,31+,32+,33+/m0/s1. The number of esters is 1. The van der Waals surface area contributed by atoms with E-state index in [1.54, 1.807) is 6.08 Å². The van der Waals surface area contributed by atoms with Gasteiger partial charge in [-0.05, 0) is 64.4 Å². The Bertz CT molecular complexity index is 711. The zero-order chi connectivity index (χ0) is 29.9. The molecule has 0 saturated carbocycles. The summed E-state index contributed by atoms with van der Waals surface area (Å²) in [4.78, 5) is 11.7. The Morgan fingerprint density at radius 3 is 2.00 bits per heavy atom. The van der Waals surface area contributed by atoms with E-state index in [2.05, 4.69) is 6.92 Å². The predicted octanol–water partition coefficient (Wildman–Crippen LogP) is 6.67. The van der Waals surface area contributed by atoms with Crippen LogP contribution >= 0.6 is 0 Å². The fraction of sp³-hybridized carbons (Fsp3) is 0.912. The van der Waals surface area contributed by atoms with Gasteiger partial charge >= 0.3 is 5.97 Å². The van der Waals surface area contributed by atoms with E-state index in [1.165, 1.54) is 57.8 Å². The smallest absolute Gasteiger partial charge is 0.334 e. The van der Waals surface area contributed by atoms with Crippen LogP contribution in [0, 0.1) is 0 Å². The Morgan fingerprint density at radius 1 is 0.780 bits per heavy atom. The second-order valence-electron chi connectivity index (χ2n) is 12.8. The van der Waals surface area contributed by atoms with E-state index in [1.807, 2.05) is 6.92 Å². The van der Waals surface area contributed by atoms with E-state index in [4.69, 9.17) is 9.47 Å². The molecular formula is C34H62O7. The van der Waals surface area contributed by atoms with Crippen molar-refractivity contribution in [1.82, 2.24) is 0 Å². The average Bonchev–Trinajstić information content (AvgIpc) is 3.26. The van der Waals surface area contributed by atoms with Crippen molar-refractivity contribution in [3.63, 3.8) is 0 Å². The summed E-state index contributed by atoms with van der Waals surface area (Å²) in [5.74, 6) is -0.318. The van der Waals surface area contributed by atoms with Crippen LogP contribution < -0.4 is 0 Å². The highest BCUT2D eigenvalue weighted by Crippen LogP contribution is 2.28. The molecule has 0 aromatic rings. The maximum Gasteiger partial charge on any atom is 0.334 e. The molecule has 0 radical (unpaired) electrons. The molecule has 1 fully saturated rings. The number of cyclic esters (lactones) is 1. The number of carbonyl (C=O) groups is 1. The molecule has 7 nitrogen and oxygen atoms in total. The largest absolute Gasteiger partial charge is 0.455 e. The van der Waals surface area contributed by atoms with Crippen molar-refractivity contribution in [2.75, 3.05) is 0 Å². The van der Waals surface area contributed by atoms with Gasteiger partial charge in [0.25, 0.3) is 0 Å². The topological polar surface area (TPSA) is 116 Å². The molecule has 0 unspecified atom stereocenters. The molecule has 0 bridgehead atoms. The molecular weight excluding hydrogens is 520 g/mol. The first-order chi connectivity index (χ1) is 19.8. The lowest BCUT2D eigenvalue weighted by atomic mass is 9.92. The third-order valence-corrected chi connectivity index (χ3v) is 8.86. The average molecular weight is 583 g/mol. The lowest BCUT2D eigenvalue weighted by molar-refractivity contribution is -0.155. The number of ether oxygens (including phenoxy) is 2. The number of carbonyl (C=O) groups excluding carboxylic acids is 1. The summed E-state index contributed by atoms with van der Waals surface area (Å²) < 4.78 is 11.2. The molecule has 2 aliphatic rings. The highest BCUT2D eigenvalue weighted by molar-refractivity contribution is 5.90. The van der Waals surface area contributed by atoms with Crippen molar-refractivity contribution >= 4 is 5.97 Å². The molecule has 0 aliphatic carbocycles. The summed E-state index contributed by atoms with van der Waals surface area (Å²) >= 11 is 0. The molecule has 2 aliphatic heterocycles. The van der Waals surface area contributed by atoms with Gasteiger partial charge in [0.15, 0.2) is 0 Å². The predicted molar refractivity (Wildman–Crippen MR) is 164 cm³/mol. The Hall–Kier alpha value is -0.990. The van der Waals surface area contributed by atoms with Crippen molar-refractivity contribution in [3.05, 3.63) is 11.6 Å². The van der Waals surface area contributed by atoms with Gasteiger partial charge in [0.05, 0.1) is 36.6 Å². The highest BCUT2D eigenvalue weighted by atomic mass is 16.5. The number of aliphatic hydroxyl groups excluding tert-OH is 4. The molecule has 7 heteroatoms. The fourth-order valence-electron chi connectivity index (χ4n) is 6.25. The molecule has 0 aromatic heterocycles. The number of hydrogen-bond donors (Lipinski definition) is 4. The Kier molecular flexibility index (Phi) is 19.1. The zero-order valence-electron chi connectivity index (χ0n) is 26.2. The lowest BCUT2D eigenvalue weighted by Crippen LogP contribution is -2.43. The second kappa shape index (κ2) is 21.7. The van der Waals surface area contributed by atoms with Crippen LogP contribution in [0.2, 0.25) is 0 Å². The quantitative estimate of drug-likeness (QED) is 0.0742. The van der Waals surface area contributed by atoms with E-state index in [0.29, 0.717) is 50.5 Å². The maximum atomic E-state index is 11.7. The Labute approximate surface area is 250 Å². The van der Waals surface area contributed by atoms with Crippen molar-refractivity contribution < 1.29 is 34.7 Å². The second-order valence-corrected chi connectivity index (χ2v) is 12.8. The van der Waals surface area contributed by atoms with Crippen LogP contribution in [0.15, 0.2) is 11.6 Å². The zero-order valence-corrected chi connectivity index (χ0v) is 26.2. The van der Waals surface area contributed by atoms with Crippen LogP contribution in [0.3, 0.4) is 0 Å². The van der Waals surface area contributed by atoms with Gasteiger partial charge in [-0.25, -0.2) is 4.79 Å². The van der Waals surface area contributed by atoms with Gasteiger partial charge in [0, 0.05) is 12.0 Å². The maximum absolute atomic E-state index is 11.7. The van der Waals surface area contributed by atoms with Gasteiger partial charge in [-0.3, -0.25) is 0 Å². The van der Waals surface area contributed by atoms with Crippen LogP contribution in [-0.2, 0) is 14.3 Å². The third kappa shape index (κ3) is 15.9. The minimum atomic E-state index is -0.554. The summed E-state index contributed by atoms with van der Waals surface area (Å²) in [6.45, 7) is 4.07. The van der Waals surface area contributed by atoms with Crippen LogP contribution in [0.5, 0.6) is 0 Å². The van der Waals surface area contributed by atoms with Crippen LogP contribution in [0.4, 0.5) is 0 Å². The molecule has 0 aromatic carbocycles. The molecule has 0 amide bonds. The first-order valence-electron chi connectivity index (χ1n) is 17.1. The van der Waals surface area contributed by atoms with E-state index >= 15 is 0 Å². The van der Waals surface area contributed by atoms with Crippen LogP contribution in [0.25, 0.3) is 0 Å². The van der Waals surface area contributed by atoms with E-state index < -0.39 is 18.3 Å². The summed E-state index contributed by atoms with van der Waals surface area (Å²) in [6, 6.07) is 0. The molecule has 2 heterocycles. The monoisotopic (exact) mass is 582 g/mol. The number of hydrogen-bond acceptors (Lipinski definition) is 7. The van der Waals surface area contributed by atoms with Gasteiger partial charge in [0.2, 0.25) is 0 Å². The summed E-state index contributed by atoms with van der Waals surface area (Å²) in [6.07, 6.45) is 20.8. The first kappa shape index (κ1) is 36.2. The number of aliphatic hydroxyl groups is 4. The SMILES string of the molecule is CCCCCCCCCCCC[C@H]1O[C@@H]([C@H](O)CCC[C@H](O)CCCCC[C@@H](O)CC2=C[C@H](C)OC2=O)CC[C@H]1O. The lowest BCUT2D eigenvalue weighted by Gasteiger charge is -2.36. The molecule has 7 atom stereocenters. The van der Waals surface area contributed by atoms with Crippen molar-refractivity contribution in [3.8, 4) is 0 Å². The van der Waals surface area contributed by atoms with E-state index in [9.17, 15) is 25.2 Å². The van der Waals surface area contributed by atoms with Gasteiger partial charge in [-0.2, -0.15) is 0 Å². The van der Waals surface area contributed by atoms with Gasteiger partial charge in [-0.1, -0.05) is 90.4 Å². The van der Waals surface area contributed by atoms with Gasteiger partial charge in [0.1, 0.15) is 6.10 Å². The molecule has 240 valence electrons. The van der Waals surface area contributed by atoms with Crippen molar-refractivity contribution in [2.45, 2.75) is 198 Å². The minimum Gasteiger partial charge on any atom is -0.455 e. The third-order valence-electron chi connectivity index (χ3n) is 8.86. The molecule has 1 saturated heterocycles. The van der Waals surface area contributed by atoms with Crippen molar-refractivity contribution in [1.29, 1.82) is 0 Å². The number of unbranched alkanes of at least 4 members (excludes halogenated alkanes) is 11. The number of rotatable bonds is 24. The van der Waals surface area contributed by atoms with Crippen LogP contribution in [-0.4, -0.2) is 69.1 Å². The molecule has 2 rings (SSSR count). The van der Waals surface area contributed by atoms with E-state index in [-0.39, 0.29) is 30.4 Å². The van der Waals surface area contributed by atoms with E-state index in [0.717, 1.165) is 38.5 Å². The normalized spacial score (nSPS) is 25.1.